The summed E-state index contributed by atoms with van der Waals surface area (Å²) in [4.78, 5) is 11.5. The first-order valence-electron chi connectivity index (χ1n) is 5.92. The molecule has 0 amide bonds. The van der Waals surface area contributed by atoms with E-state index < -0.39 is 0 Å². The number of aromatic amines is 1. The zero-order chi connectivity index (χ0) is 12.8. The van der Waals surface area contributed by atoms with E-state index in [4.69, 9.17) is 0 Å². The monoisotopic (exact) mass is 266 g/mol. The van der Waals surface area contributed by atoms with Crippen molar-refractivity contribution in [2.75, 3.05) is 25.2 Å². The summed E-state index contributed by atoms with van der Waals surface area (Å²) < 4.78 is 0. The standard InChI is InChI=1S/C12H18N4OS/c1-18-7-9(6-17)2-13-3-10-4-15-11-5-14-8-16-12(10)11/h4-5,8-9,13,17H,2-3,6-7H2,1H3,(H,14,16). The summed E-state index contributed by atoms with van der Waals surface area (Å²) >= 11 is 1.76. The van der Waals surface area contributed by atoms with E-state index in [-0.39, 0.29) is 6.61 Å². The second kappa shape index (κ2) is 6.72. The Kier molecular flexibility index (Phi) is 4.98. The Bertz CT molecular complexity index is 448. The van der Waals surface area contributed by atoms with Crippen LogP contribution >= 0.6 is 11.8 Å². The molecule has 3 N–H and O–H groups in total. The van der Waals surface area contributed by atoms with Crippen LogP contribution in [0.1, 0.15) is 5.56 Å². The van der Waals surface area contributed by atoms with Crippen LogP contribution in [0.25, 0.3) is 11.4 Å². The van der Waals surface area contributed by atoms with Gasteiger partial charge in [0.25, 0.3) is 0 Å². The lowest BCUT2D eigenvalue weighted by Crippen LogP contribution is -2.26. The van der Waals surface area contributed by atoms with E-state index in [1.54, 1.807) is 18.1 Å². The third kappa shape index (κ3) is 3.22. The summed E-state index contributed by atoms with van der Waals surface area (Å²) in [5.74, 6) is 1.27. The van der Waals surface area contributed by atoms with Gasteiger partial charge in [-0.15, -0.1) is 0 Å². The molecule has 0 saturated heterocycles. The summed E-state index contributed by atoms with van der Waals surface area (Å²) in [5, 5.41) is 12.6. The second-order valence-corrected chi connectivity index (χ2v) is 5.13. The van der Waals surface area contributed by atoms with Crippen molar-refractivity contribution in [3.63, 3.8) is 0 Å². The van der Waals surface area contributed by atoms with Crippen LogP contribution in [0.2, 0.25) is 0 Å². The molecule has 18 heavy (non-hydrogen) atoms. The number of nitrogens with one attached hydrogen (secondary N) is 2. The average Bonchev–Trinajstić information content (AvgIpc) is 2.81. The molecule has 1 atom stereocenters. The van der Waals surface area contributed by atoms with Crippen LogP contribution in [0.3, 0.4) is 0 Å². The lowest BCUT2D eigenvalue weighted by molar-refractivity contribution is 0.236. The van der Waals surface area contributed by atoms with Crippen LogP contribution in [-0.4, -0.2) is 45.2 Å². The second-order valence-electron chi connectivity index (χ2n) is 4.22. The maximum atomic E-state index is 9.20. The molecule has 6 heteroatoms. The number of aliphatic hydroxyl groups excluding tert-OH is 1. The van der Waals surface area contributed by atoms with Gasteiger partial charge in [0.1, 0.15) is 5.69 Å². The van der Waals surface area contributed by atoms with Crippen molar-refractivity contribution in [3.8, 4) is 11.4 Å². The number of rotatable bonds is 7. The molecular weight excluding hydrogens is 248 g/mol. The molecule has 2 aliphatic heterocycles. The van der Waals surface area contributed by atoms with Crippen LogP contribution < -0.4 is 5.32 Å². The predicted molar refractivity (Wildman–Crippen MR) is 73.7 cm³/mol. The van der Waals surface area contributed by atoms with Gasteiger partial charge in [-0.25, -0.2) is 4.98 Å². The molecule has 2 aliphatic rings. The molecule has 0 aliphatic carbocycles. The van der Waals surface area contributed by atoms with Crippen molar-refractivity contribution in [1.29, 1.82) is 0 Å². The number of fused-ring (bicyclic) bond motifs is 1. The third-order valence-electron chi connectivity index (χ3n) is 2.80. The van der Waals surface area contributed by atoms with Gasteiger partial charge in [-0.1, -0.05) is 0 Å². The van der Waals surface area contributed by atoms with E-state index in [1.807, 2.05) is 12.4 Å². The van der Waals surface area contributed by atoms with E-state index in [0.717, 1.165) is 35.8 Å². The molecule has 0 radical (unpaired) electrons. The Hall–Kier alpha value is -1.11. The van der Waals surface area contributed by atoms with Crippen LogP contribution in [0, 0.1) is 5.92 Å². The molecule has 0 aromatic rings. The minimum atomic E-state index is 0.223. The van der Waals surface area contributed by atoms with Crippen molar-refractivity contribution >= 4 is 11.8 Å². The van der Waals surface area contributed by atoms with Crippen molar-refractivity contribution in [1.82, 2.24) is 20.3 Å². The van der Waals surface area contributed by atoms with Crippen LogP contribution in [0.15, 0.2) is 18.7 Å². The van der Waals surface area contributed by atoms with Gasteiger partial charge in [-0.3, -0.25) is 4.98 Å². The van der Waals surface area contributed by atoms with Gasteiger partial charge in [0.15, 0.2) is 0 Å². The van der Waals surface area contributed by atoms with Gasteiger partial charge in [-0.05, 0) is 12.0 Å². The van der Waals surface area contributed by atoms with Gasteiger partial charge >= 0.3 is 0 Å². The average molecular weight is 266 g/mol. The van der Waals surface area contributed by atoms with Gasteiger partial charge < -0.3 is 15.4 Å². The summed E-state index contributed by atoms with van der Waals surface area (Å²) in [6, 6.07) is 0. The number of thioether (sulfide) groups is 1. The van der Waals surface area contributed by atoms with Gasteiger partial charge in [-0.2, -0.15) is 11.8 Å². The number of nitrogens with zero attached hydrogens (tertiary/aromatic N) is 2. The minimum Gasteiger partial charge on any atom is -0.396 e. The third-order valence-corrected chi connectivity index (χ3v) is 3.61. The molecule has 5 nitrogen and oxygen atoms in total. The summed E-state index contributed by atoms with van der Waals surface area (Å²) in [6.07, 6.45) is 7.41. The quantitative estimate of drug-likeness (QED) is 0.696. The van der Waals surface area contributed by atoms with E-state index in [9.17, 15) is 5.11 Å². The molecule has 0 aromatic carbocycles. The molecule has 0 aromatic heterocycles. The Balaban J connectivity index is 1.87. The largest absolute Gasteiger partial charge is 0.396 e. The highest BCUT2D eigenvalue weighted by molar-refractivity contribution is 7.98. The van der Waals surface area contributed by atoms with Crippen LogP contribution in [0.4, 0.5) is 0 Å². The highest BCUT2D eigenvalue weighted by Crippen LogP contribution is 2.20. The summed E-state index contributed by atoms with van der Waals surface area (Å²) in [7, 11) is 0. The van der Waals surface area contributed by atoms with Gasteiger partial charge in [0, 0.05) is 43.6 Å². The predicted octanol–water partition coefficient (Wildman–Crippen LogP) is 0.971. The molecule has 2 heterocycles. The number of hydrogen-bond acceptors (Lipinski definition) is 5. The fourth-order valence-corrected chi connectivity index (χ4v) is 2.55. The van der Waals surface area contributed by atoms with Crippen molar-refractivity contribution in [3.05, 3.63) is 24.3 Å². The Morgan fingerprint density at radius 3 is 3.17 bits per heavy atom. The maximum absolute atomic E-state index is 9.20. The highest BCUT2D eigenvalue weighted by Gasteiger charge is 2.12. The normalized spacial score (nSPS) is 13.0. The topological polar surface area (TPSA) is 73.8 Å². The van der Waals surface area contributed by atoms with Crippen LogP contribution in [0.5, 0.6) is 0 Å². The van der Waals surface area contributed by atoms with Crippen molar-refractivity contribution in [2.45, 2.75) is 6.54 Å². The Morgan fingerprint density at radius 1 is 1.50 bits per heavy atom. The first kappa shape index (κ1) is 13.3. The lowest BCUT2D eigenvalue weighted by Gasteiger charge is -2.13. The fourth-order valence-electron chi connectivity index (χ4n) is 1.86. The first-order valence-corrected chi connectivity index (χ1v) is 7.31. The first-order chi connectivity index (χ1) is 8.85. The molecular formula is C12H18N4OS. The highest BCUT2D eigenvalue weighted by atomic mass is 32.2. The van der Waals surface area contributed by atoms with Crippen molar-refractivity contribution in [2.24, 2.45) is 5.92 Å². The summed E-state index contributed by atoms with van der Waals surface area (Å²) in [5.41, 5.74) is 2.92. The maximum Gasteiger partial charge on any atom is 0.105 e. The number of aromatic nitrogens is 3. The molecule has 0 bridgehead atoms. The van der Waals surface area contributed by atoms with Crippen molar-refractivity contribution < 1.29 is 5.11 Å². The molecule has 98 valence electrons. The van der Waals surface area contributed by atoms with E-state index >= 15 is 0 Å². The molecule has 0 fully saturated rings. The fraction of sp³-hybridized carbons (Fsp3) is 0.500. The Morgan fingerprint density at radius 2 is 2.39 bits per heavy atom. The zero-order valence-corrected chi connectivity index (χ0v) is 11.2. The summed E-state index contributed by atoms with van der Waals surface area (Å²) in [6.45, 7) is 1.77. The minimum absolute atomic E-state index is 0.223. The molecule has 0 spiro atoms. The van der Waals surface area contributed by atoms with E-state index in [0.29, 0.717) is 5.92 Å². The van der Waals surface area contributed by atoms with Gasteiger partial charge in [0.05, 0.1) is 12.0 Å². The van der Waals surface area contributed by atoms with Gasteiger partial charge in [0.2, 0.25) is 0 Å². The van der Waals surface area contributed by atoms with E-state index in [2.05, 4.69) is 26.5 Å². The number of aliphatic hydroxyl groups is 1. The molecule has 2 rings (SSSR count). The van der Waals surface area contributed by atoms with Crippen LogP contribution in [-0.2, 0) is 6.54 Å². The molecule has 0 saturated carbocycles. The van der Waals surface area contributed by atoms with E-state index in [1.165, 1.54) is 0 Å². The Labute approximate surface area is 111 Å². The lowest BCUT2D eigenvalue weighted by atomic mass is 10.2. The number of hydrogen-bond donors (Lipinski definition) is 3. The number of H-pyrrole nitrogens is 1. The smallest absolute Gasteiger partial charge is 0.105 e. The zero-order valence-electron chi connectivity index (χ0n) is 10.4. The molecule has 1 unspecified atom stereocenters. The SMILES string of the molecule is CSCC(CO)CNCc1cnc2c[nH]cnc1-2.